The van der Waals surface area contributed by atoms with Crippen molar-refractivity contribution >= 4 is 28.4 Å². The molecule has 3 aromatic rings. The topological polar surface area (TPSA) is 128 Å². The maximum absolute atomic E-state index is 14.5. The van der Waals surface area contributed by atoms with Crippen molar-refractivity contribution in [3.63, 3.8) is 0 Å². The summed E-state index contributed by atoms with van der Waals surface area (Å²) < 4.78 is 39.9. The van der Waals surface area contributed by atoms with Crippen LogP contribution in [-0.4, -0.2) is 17.8 Å². The van der Waals surface area contributed by atoms with Crippen LogP contribution in [0.1, 0.15) is 41.6 Å². The molecule has 10 heteroatoms. The lowest BCUT2D eigenvalue weighted by Crippen LogP contribution is -2.32. The van der Waals surface area contributed by atoms with Gasteiger partial charge in [-0.05, 0) is 49.9 Å². The quantitative estimate of drug-likeness (QED) is 0.213. The summed E-state index contributed by atoms with van der Waals surface area (Å²) in [5.41, 5.74) is 2.71. The number of hydrazone groups is 1. The van der Waals surface area contributed by atoms with E-state index in [1.54, 1.807) is 6.07 Å². The zero-order chi connectivity index (χ0) is 22.0. The van der Waals surface area contributed by atoms with Gasteiger partial charge in [0.15, 0.2) is 17.4 Å². The van der Waals surface area contributed by atoms with E-state index >= 15 is 0 Å². The van der Waals surface area contributed by atoms with Gasteiger partial charge >= 0.3 is 0 Å². The van der Waals surface area contributed by atoms with Gasteiger partial charge in [-0.2, -0.15) is 5.10 Å². The first-order valence-electron chi connectivity index (χ1n) is 9.73. The minimum absolute atomic E-state index is 0.0151. The lowest BCUT2D eigenvalue weighted by Gasteiger charge is -2.14. The zero-order valence-corrected chi connectivity index (χ0v) is 16.5. The molecular formula is C21H21F2N5O3. The Morgan fingerprint density at radius 2 is 1.90 bits per heavy atom. The highest BCUT2D eigenvalue weighted by atomic mass is 19.1. The van der Waals surface area contributed by atoms with E-state index in [-0.39, 0.29) is 45.5 Å². The molecule has 1 aromatic heterocycles. The summed E-state index contributed by atoms with van der Waals surface area (Å²) in [6.45, 7) is 0. The van der Waals surface area contributed by atoms with Crippen LogP contribution >= 0.6 is 0 Å². The van der Waals surface area contributed by atoms with Crippen LogP contribution in [0.3, 0.4) is 0 Å². The second-order valence-corrected chi connectivity index (χ2v) is 7.22. The number of amidine groups is 1. The fourth-order valence-corrected chi connectivity index (χ4v) is 3.65. The minimum Gasteiger partial charge on any atom is -0.487 e. The molecule has 162 valence electrons. The molecule has 0 radical (unpaired) electrons. The van der Waals surface area contributed by atoms with Crippen molar-refractivity contribution < 1.29 is 22.7 Å². The number of nitrogens with two attached hydrogens (primary N) is 2. The number of ether oxygens (including phenoxy) is 1. The van der Waals surface area contributed by atoms with Gasteiger partial charge < -0.3 is 25.7 Å². The Hall–Kier alpha value is -3.66. The molecule has 0 atom stereocenters. The fraction of sp³-hybridized carbons (Fsp3) is 0.238. The van der Waals surface area contributed by atoms with E-state index in [1.807, 2.05) is 0 Å². The number of hydrogen-bond acceptors (Lipinski definition) is 6. The molecule has 0 spiro atoms. The Labute approximate surface area is 176 Å². The van der Waals surface area contributed by atoms with Crippen molar-refractivity contribution in [2.75, 3.05) is 5.32 Å². The summed E-state index contributed by atoms with van der Waals surface area (Å²) in [5, 5.41) is 6.18. The van der Waals surface area contributed by atoms with E-state index in [9.17, 15) is 13.6 Å². The number of nitrogens with one attached hydrogen (secondary N) is 2. The van der Waals surface area contributed by atoms with Crippen molar-refractivity contribution in [1.82, 2.24) is 5.43 Å². The van der Waals surface area contributed by atoms with Crippen LogP contribution in [0.15, 0.2) is 46.1 Å². The van der Waals surface area contributed by atoms with Gasteiger partial charge in [-0.25, -0.2) is 14.6 Å². The SMILES string of the molecule is N/N=C(\NN)c1cc2occ(C(=O)Nc3ccc(OC4CCCC4)c(F)c3)c2cc1F. The van der Waals surface area contributed by atoms with Gasteiger partial charge in [0.25, 0.3) is 5.91 Å². The number of fused-ring (bicyclic) bond motifs is 1. The first-order chi connectivity index (χ1) is 15.0. The third-order valence-electron chi connectivity index (χ3n) is 5.21. The summed E-state index contributed by atoms with van der Waals surface area (Å²) in [7, 11) is 0. The Kier molecular flexibility index (Phi) is 5.72. The molecular weight excluding hydrogens is 408 g/mol. The average Bonchev–Trinajstić information content (AvgIpc) is 3.40. The van der Waals surface area contributed by atoms with E-state index < -0.39 is 17.5 Å². The molecule has 0 saturated heterocycles. The second-order valence-electron chi connectivity index (χ2n) is 7.22. The van der Waals surface area contributed by atoms with E-state index in [0.29, 0.717) is 0 Å². The average molecular weight is 429 g/mol. The summed E-state index contributed by atoms with van der Waals surface area (Å²) in [5.74, 6) is 8.66. The van der Waals surface area contributed by atoms with E-state index in [1.165, 1.54) is 24.5 Å². The van der Waals surface area contributed by atoms with Crippen LogP contribution in [0.4, 0.5) is 14.5 Å². The predicted octanol–water partition coefficient (Wildman–Crippen LogP) is 3.37. The Balaban J connectivity index is 1.54. The number of amides is 1. The van der Waals surface area contributed by atoms with Crippen molar-refractivity contribution in [3.8, 4) is 5.75 Å². The lowest BCUT2D eigenvalue weighted by atomic mass is 10.1. The number of carbonyl (C=O) groups is 1. The van der Waals surface area contributed by atoms with Crippen molar-refractivity contribution in [1.29, 1.82) is 0 Å². The monoisotopic (exact) mass is 429 g/mol. The van der Waals surface area contributed by atoms with Crippen LogP contribution in [0, 0.1) is 11.6 Å². The number of anilines is 1. The molecule has 2 aromatic carbocycles. The maximum Gasteiger partial charge on any atom is 0.259 e. The molecule has 1 heterocycles. The Morgan fingerprint density at radius 3 is 2.58 bits per heavy atom. The smallest absolute Gasteiger partial charge is 0.259 e. The molecule has 0 aliphatic heterocycles. The molecule has 0 bridgehead atoms. The number of hydrazine groups is 1. The number of rotatable bonds is 5. The molecule has 1 amide bonds. The number of nitrogens with zero attached hydrogens (tertiary/aromatic N) is 1. The largest absolute Gasteiger partial charge is 0.487 e. The number of halogens is 2. The van der Waals surface area contributed by atoms with E-state index in [4.69, 9.17) is 20.8 Å². The molecule has 4 rings (SSSR count). The standard InChI is InChI=1S/C21H21F2N5O3/c22-16-8-13-15(10-30-19(13)9-14(16)20(27-24)28-25)21(29)26-11-5-6-18(17(23)7-11)31-12-3-1-2-4-12/h5-10,12H,1-4,24-25H2,(H,26,29)(H,27,28). The second kappa shape index (κ2) is 8.60. The molecule has 1 saturated carbocycles. The number of benzene rings is 2. The van der Waals surface area contributed by atoms with E-state index in [2.05, 4.69) is 15.8 Å². The summed E-state index contributed by atoms with van der Waals surface area (Å²) in [6, 6.07) is 6.64. The first-order valence-corrected chi connectivity index (χ1v) is 9.73. The van der Waals surface area contributed by atoms with Crippen molar-refractivity contribution in [2.24, 2.45) is 16.8 Å². The van der Waals surface area contributed by atoms with Crippen molar-refractivity contribution in [3.05, 3.63) is 59.4 Å². The molecule has 6 N–H and O–H groups in total. The van der Waals surface area contributed by atoms with Crippen LogP contribution in [0.25, 0.3) is 11.0 Å². The summed E-state index contributed by atoms with van der Waals surface area (Å²) >= 11 is 0. The van der Waals surface area contributed by atoms with E-state index in [0.717, 1.165) is 31.7 Å². The zero-order valence-electron chi connectivity index (χ0n) is 16.5. The van der Waals surface area contributed by atoms with Crippen LogP contribution in [-0.2, 0) is 0 Å². The summed E-state index contributed by atoms with van der Waals surface area (Å²) in [4.78, 5) is 12.7. The maximum atomic E-state index is 14.5. The van der Waals surface area contributed by atoms with Gasteiger partial charge in [0.2, 0.25) is 0 Å². The normalized spacial score (nSPS) is 14.7. The molecule has 0 unspecified atom stereocenters. The molecule has 1 fully saturated rings. The van der Waals surface area contributed by atoms with Gasteiger partial charge in [0.05, 0.1) is 17.2 Å². The predicted molar refractivity (Wildman–Crippen MR) is 111 cm³/mol. The highest BCUT2D eigenvalue weighted by molar-refractivity contribution is 6.13. The van der Waals surface area contributed by atoms with Gasteiger partial charge in [-0.1, -0.05) is 0 Å². The van der Waals surface area contributed by atoms with Gasteiger partial charge in [0, 0.05) is 17.1 Å². The minimum atomic E-state index is -0.704. The molecule has 1 aliphatic rings. The van der Waals surface area contributed by atoms with Crippen molar-refractivity contribution in [2.45, 2.75) is 31.8 Å². The third-order valence-corrected chi connectivity index (χ3v) is 5.21. The summed E-state index contributed by atoms with van der Waals surface area (Å²) in [6.07, 6.45) is 5.17. The fourth-order valence-electron chi connectivity index (χ4n) is 3.65. The van der Waals surface area contributed by atoms with Crippen LogP contribution in [0.5, 0.6) is 5.75 Å². The molecule has 31 heavy (non-hydrogen) atoms. The molecule has 8 nitrogen and oxygen atoms in total. The van der Waals surface area contributed by atoms with Gasteiger partial charge in [-0.3, -0.25) is 4.79 Å². The number of hydrogen-bond donors (Lipinski definition) is 4. The van der Waals surface area contributed by atoms with Crippen LogP contribution in [0.2, 0.25) is 0 Å². The number of carbonyl (C=O) groups excluding carboxylic acids is 1. The Bertz CT molecular complexity index is 1160. The highest BCUT2D eigenvalue weighted by Crippen LogP contribution is 2.29. The number of furan rings is 1. The third kappa shape index (κ3) is 4.15. The molecule has 1 aliphatic carbocycles. The lowest BCUT2D eigenvalue weighted by molar-refractivity contribution is 0.102. The first kappa shape index (κ1) is 20.6. The van der Waals surface area contributed by atoms with Gasteiger partial charge in [-0.15, -0.1) is 0 Å². The highest BCUT2D eigenvalue weighted by Gasteiger charge is 2.20. The van der Waals surface area contributed by atoms with Gasteiger partial charge in [0.1, 0.15) is 17.7 Å². The Morgan fingerprint density at radius 1 is 1.13 bits per heavy atom. The van der Waals surface area contributed by atoms with Crippen LogP contribution < -0.4 is 27.2 Å².